The van der Waals surface area contributed by atoms with Gasteiger partial charge in [-0.1, -0.05) is 152 Å². The number of fused-ring (bicyclic) bond motifs is 10. The Kier molecular flexibility index (Phi) is 7.21. The van der Waals surface area contributed by atoms with Gasteiger partial charge in [0.15, 0.2) is 11.6 Å². The normalized spacial score (nSPS) is 11.9. The van der Waals surface area contributed by atoms with Gasteiger partial charge in [-0.3, -0.25) is 4.57 Å². The van der Waals surface area contributed by atoms with E-state index in [1.807, 2.05) is 66.7 Å². The summed E-state index contributed by atoms with van der Waals surface area (Å²) < 4.78 is 14.9. The minimum Gasteiger partial charge on any atom is -0.456 e. The van der Waals surface area contributed by atoms with Crippen LogP contribution >= 0.6 is 0 Å². The minimum atomic E-state index is 0.535. The highest BCUT2D eigenvalue weighted by atomic mass is 16.3. The highest BCUT2D eigenvalue weighted by Gasteiger charge is 2.22. The van der Waals surface area contributed by atoms with Crippen LogP contribution in [0.25, 0.3) is 127 Å². The Hall–Kier alpha value is -8.35. The number of hydrogen-bond donors (Lipinski definition) is 0. The van der Waals surface area contributed by atoms with Gasteiger partial charge in [-0.05, 0) is 69.9 Å². The Morgan fingerprint density at radius 2 is 0.820 bits per heavy atom. The number of benzene rings is 9. The first-order chi connectivity index (χ1) is 30.2. The molecule has 6 heteroatoms. The standard InChI is InChI=1S/C55H32N4O2/c1-2-13-33(14-3-1)53-56-54(35-28-30-44-42-17-6-9-26-49(42)61-51(44)32-35)58-55(57-53)59-47-24-7-4-15-40(47)46-23-12-22-45(52(46)59)39-21-11-19-37-36(18-10-20-38(37)39)34-27-29-43-41-16-5-8-25-48(41)60-50(43)31-34/h1-32H. The van der Waals surface area contributed by atoms with Crippen LogP contribution in [0.4, 0.5) is 0 Å². The van der Waals surface area contributed by atoms with Crippen molar-refractivity contribution in [2.24, 2.45) is 0 Å². The van der Waals surface area contributed by atoms with Crippen LogP contribution in [0.3, 0.4) is 0 Å². The fourth-order valence-corrected chi connectivity index (χ4v) is 9.31. The first-order valence-electron chi connectivity index (χ1n) is 20.4. The van der Waals surface area contributed by atoms with Crippen molar-refractivity contribution in [3.63, 3.8) is 0 Å². The van der Waals surface area contributed by atoms with Crippen LogP contribution in [0.2, 0.25) is 0 Å². The number of rotatable bonds is 5. The van der Waals surface area contributed by atoms with E-state index in [1.165, 1.54) is 0 Å². The number of aromatic nitrogens is 4. The molecule has 0 saturated heterocycles. The molecule has 0 amide bonds. The lowest BCUT2D eigenvalue weighted by Crippen LogP contribution is -2.07. The summed E-state index contributed by atoms with van der Waals surface area (Å²) in [4.78, 5) is 15.7. The third kappa shape index (κ3) is 5.19. The zero-order chi connectivity index (χ0) is 40.0. The van der Waals surface area contributed by atoms with Gasteiger partial charge in [0.2, 0.25) is 5.95 Å². The Morgan fingerprint density at radius 3 is 1.54 bits per heavy atom. The molecule has 4 aromatic heterocycles. The third-order valence-corrected chi connectivity index (χ3v) is 12.1. The molecule has 284 valence electrons. The molecular formula is C55H32N4O2. The highest BCUT2D eigenvalue weighted by Crippen LogP contribution is 2.43. The van der Waals surface area contributed by atoms with E-state index >= 15 is 0 Å². The molecule has 0 bridgehead atoms. The van der Waals surface area contributed by atoms with Crippen LogP contribution in [-0.2, 0) is 0 Å². The van der Waals surface area contributed by atoms with Gasteiger partial charge in [0.05, 0.1) is 11.0 Å². The van der Waals surface area contributed by atoms with Crippen molar-refractivity contribution in [1.82, 2.24) is 19.5 Å². The van der Waals surface area contributed by atoms with Gasteiger partial charge in [-0.2, -0.15) is 9.97 Å². The van der Waals surface area contributed by atoms with Crippen molar-refractivity contribution >= 4 is 76.5 Å². The van der Waals surface area contributed by atoms with Crippen LogP contribution in [0.15, 0.2) is 203 Å². The van der Waals surface area contributed by atoms with E-state index in [0.29, 0.717) is 17.6 Å². The zero-order valence-electron chi connectivity index (χ0n) is 32.6. The van der Waals surface area contributed by atoms with E-state index in [2.05, 4.69) is 132 Å². The van der Waals surface area contributed by atoms with Crippen molar-refractivity contribution in [2.75, 3.05) is 0 Å². The molecule has 0 aliphatic heterocycles. The van der Waals surface area contributed by atoms with Crippen molar-refractivity contribution in [1.29, 1.82) is 0 Å². The molecule has 0 aliphatic rings. The smallest absolute Gasteiger partial charge is 0.238 e. The van der Waals surface area contributed by atoms with Gasteiger partial charge in [-0.25, -0.2) is 4.98 Å². The van der Waals surface area contributed by atoms with E-state index in [1.54, 1.807) is 0 Å². The number of hydrogen-bond acceptors (Lipinski definition) is 5. The molecule has 0 spiro atoms. The molecular weight excluding hydrogens is 749 g/mol. The second-order valence-electron chi connectivity index (χ2n) is 15.5. The molecule has 0 radical (unpaired) electrons. The molecule has 4 heterocycles. The topological polar surface area (TPSA) is 69.9 Å². The van der Waals surface area contributed by atoms with Crippen LogP contribution in [0.5, 0.6) is 0 Å². The van der Waals surface area contributed by atoms with Gasteiger partial charge in [-0.15, -0.1) is 0 Å². The van der Waals surface area contributed by atoms with E-state index < -0.39 is 0 Å². The second kappa shape index (κ2) is 13.1. The first kappa shape index (κ1) is 33.6. The van der Waals surface area contributed by atoms with E-state index in [9.17, 15) is 0 Å². The maximum Gasteiger partial charge on any atom is 0.238 e. The minimum absolute atomic E-state index is 0.535. The third-order valence-electron chi connectivity index (χ3n) is 12.1. The van der Waals surface area contributed by atoms with Gasteiger partial charge >= 0.3 is 0 Å². The predicted molar refractivity (Wildman–Crippen MR) is 248 cm³/mol. The largest absolute Gasteiger partial charge is 0.456 e. The summed E-state index contributed by atoms with van der Waals surface area (Å²) in [6, 6.07) is 67.5. The fraction of sp³-hybridized carbons (Fsp3) is 0. The van der Waals surface area contributed by atoms with Crippen LogP contribution in [0.1, 0.15) is 0 Å². The second-order valence-corrected chi connectivity index (χ2v) is 15.5. The molecule has 0 unspecified atom stereocenters. The van der Waals surface area contributed by atoms with E-state index in [0.717, 1.165) is 110 Å². The molecule has 0 atom stereocenters. The molecule has 13 aromatic rings. The molecule has 6 nitrogen and oxygen atoms in total. The molecule has 0 fully saturated rings. The van der Waals surface area contributed by atoms with Crippen molar-refractivity contribution < 1.29 is 8.83 Å². The highest BCUT2D eigenvalue weighted by molar-refractivity contribution is 6.17. The zero-order valence-corrected chi connectivity index (χ0v) is 32.6. The van der Waals surface area contributed by atoms with Crippen LogP contribution < -0.4 is 0 Å². The van der Waals surface area contributed by atoms with E-state index in [4.69, 9.17) is 23.8 Å². The predicted octanol–water partition coefficient (Wildman–Crippen LogP) is 14.6. The quantitative estimate of drug-likeness (QED) is 0.174. The van der Waals surface area contributed by atoms with E-state index in [-0.39, 0.29) is 0 Å². The summed E-state index contributed by atoms with van der Waals surface area (Å²) >= 11 is 0. The first-order valence-corrected chi connectivity index (χ1v) is 20.4. The summed E-state index contributed by atoms with van der Waals surface area (Å²) in [6.45, 7) is 0. The summed E-state index contributed by atoms with van der Waals surface area (Å²) in [6.07, 6.45) is 0. The van der Waals surface area contributed by atoms with Crippen molar-refractivity contribution in [3.05, 3.63) is 194 Å². The average molecular weight is 781 g/mol. The number of nitrogens with zero attached hydrogens (tertiary/aromatic N) is 4. The fourth-order valence-electron chi connectivity index (χ4n) is 9.31. The monoisotopic (exact) mass is 780 g/mol. The molecule has 0 aliphatic carbocycles. The van der Waals surface area contributed by atoms with Crippen molar-refractivity contribution in [2.45, 2.75) is 0 Å². The maximum absolute atomic E-state index is 6.33. The van der Waals surface area contributed by atoms with Crippen LogP contribution in [0, 0.1) is 0 Å². The average Bonchev–Trinajstić information content (AvgIpc) is 4.00. The lowest BCUT2D eigenvalue weighted by Gasteiger charge is -2.15. The van der Waals surface area contributed by atoms with Gasteiger partial charge < -0.3 is 8.83 Å². The Bertz CT molecular complexity index is 3900. The molecule has 9 aromatic carbocycles. The summed E-state index contributed by atoms with van der Waals surface area (Å²) in [5.74, 6) is 1.68. The molecule has 0 saturated carbocycles. The number of para-hydroxylation sites is 4. The summed E-state index contributed by atoms with van der Waals surface area (Å²) in [5.41, 5.74) is 11.6. The van der Waals surface area contributed by atoms with Gasteiger partial charge in [0.1, 0.15) is 22.3 Å². The van der Waals surface area contributed by atoms with Crippen LogP contribution in [-0.4, -0.2) is 19.5 Å². The van der Waals surface area contributed by atoms with Gasteiger partial charge in [0, 0.05) is 49.0 Å². The lowest BCUT2D eigenvalue weighted by atomic mass is 9.92. The Labute approximate surface area is 348 Å². The Balaban J connectivity index is 1.04. The SMILES string of the molecule is c1ccc(-c2nc(-c3ccc4c(c3)oc3ccccc34)nc(-n3c4ccccc4c4cccc(-c5cccc6c(-c7ccc8c(c7)oc7ccccc78)cccc56)c43)n2)cc1. The number of furan rings is 2. The molecule has 0 N–H and O–H groups in total. The molecule has 61 heavy (non-hydrogen) atoms. The summed E-state index contributed by atoms with van der Waals surface area (Å²) in [5, 5.41) is 8.91. The lowest BCUT2D eigenvalue weighted by molar-refractivity contribution is 0.668. The summed E-state index contributed by atoms with van der Waals surface area (Å²) in [7, 11) is 0. The Morgan fingerprint density at radius 1 is 0.311 bits per heavy atom. The molecule has 13 rings (SSSR count). The van der Waals surface area contributed by atoms with Gasteiger partial charge in [0.25, 0.3) is 0 Å². The van der Waals surface area contributed by atoms with Crippen molar-refractivity contribution in [3.8, 4) is 51.0 Å². The maximum atomic E-state index is 6.33.